The summed E-state index contributed by atoms with van der Waals surface area (Å²) in [6.45, 7) is 5.64. The number of alkyl carbamates (subject to hydrolysis) is 1. The summed E-state index contributed by atoms with van der Waals surface area (Å²) in [5.74, 6) is 1.21. The Morgan fingerprint density at radius 2 is 1.74 bits per heavy atom. The summed E-state index contributed by atoms with van der Waals surface area (Å²) >= 11 is 3.86. The third kappa shape index (κ3) is 5.93. The molecule has 5 rings (SSSR count). The van der Waals surface area contributed by atoms with E-state index in [0.29, 0.717) is 0 Å². The summed E-state index contributed by atoms with van der Waals surface area (Å²) in [7, 11) is 4.03. The van der Waals surface area contributed by atoms with E-state index in [4.69, 9.17) is 19.8 Å². The van der Waals surface area contributed by atoms with Crippen LogP contribution in [0.15, 0.2) is 59.3 Å². The zero-order valence-electron chi connectivity index (χ0n) is 23.1. The van der Waals surface area contributed by atoms with Crippen molar-refractivity contribution in [1.82, 2.24) is 24.9 Å². The number of pyridine rings is 1. The fourth-order valence-corrected chi connectivity index (χ4v) is 6.09. The third-order valence-corrected chi connectivity index (χ3v) is 7.76. The molecule has 1 aromatic carbocycles. The van der Waals surface area contributed by atoms with Gasteiger partial charge in [-0.05, 0) is 68.5 Å². The Bertz CT molecular complexity index is 1450. The molecule has 9 heteroatoms. The van der Waals surface area contributed by atoms with Crippen LogP contribution >= 0.6 is 15.9 Å². The van der Waals surface area contributed by atoms with E-state index in [-0.39, 0.29) is 18.1 Å². The molecule has 39 heavy (non-hydrogen) atoms. The second kappa shape index (κ2) is 11.0. The van der Waals surface area contributed by atoms with Crippen molar-refractivity contribution in [2.24, 2.45) is 0 Å². The van der Waals surface area contributed by atoms with Gasteiger partial charge in [-0.25, -0.2) is 9.78 Å². The number of hydrogen-bond acceptors (Lipinski definition) is 6. The minimum Gasteiger partial charge on any atom is -0.444 e. The van der Waals surface area contributed by atoms with Crippen LogP contribution in [0.5, 0.6) is 0 Å². The first-order valence-electron chi connectivity index (χ1n) is 13.4. The lowest BCUT2D eigenvalue weighted by Crippen LogP contribution is -2.40. The predicted molar refractivity (Wildman–Crippen MR) is 158 cm³/mol. The number of amides is 1. The Morgan fingerprint density at radius 1 is 1.03 bits per heavy atom. The maximum atomic E-state index is 12.3. The number of rotatable bonds is 5. The first-order valence-corrected chi connectivity index (χ1v) is 14.2. The smallest absolute Gasteiger partial charge is 0.407 e. The molecule has 1 aliphatic carbocycles. The van der Waals surface area contributed by atoms with Gasteiger partial charge >= 0.3 is 6.09 Å². The molecule has 0 radical (unpaired) electrons. The second-order valence-electron chi connectivity index (χ2n) is 11.3. The number of benzene rings is 1. The van der Waals surface area contributed by atoms with Crippen LogP contribution in [-0.2, 0) is 4.74 Å². The average Bonchev–Trinajstić information content (AvgIpc) is 3.31. The van der Waals surface area contributed by atoms with Gasteiger partial charge in [0, 0.05) is 48.9 Å². The van der Waals surface area contributed by atoms with E-state index < -0.39 is 5.60 Å². The van der Waals surface area contributed by atoms with Crippen LogP contribution in [0.4, 0.5) is 10.6 Å². The van der Waals surface area contributed by atoms with E-state index in [0.717, 1.165) is 69.7 Å². The van der Waals surface area contributed by atoms with Crippen LogP contribution < -0.4 is 10.2 Å². The minimum absolute atomic E-state index is 0.103. The van der Waals surface area contributed by atoms with Gasteiger partial charge in [0.2, 0.25) is 0 Å². The number of fused-ring (bicyclic) bond motifs is 1. The molecule has 0 unspecified atom stereocenters. The SMILES string of the molecule is CN(C)c1c(Br)c(C2CCC(NC(=O)OC(C)(C)C)CC2)nc2c(-c3ccc(-c4ccccc4)nc3)cnn12. The summed E-state index contributed by atoms with van der Waals surface area (Å²) < 4.78 is 8.30. The fraction of sp³-hybridized carbons (Fsp3) is 0.400. The molecule has 4 aromatic rings. The molecule has 0 aliphatic heterocycles. The van der Waals surface area contributed by atoms with Gasteiger partial charge in [-0.3, -0.25) is 4.98 Å². The molecule has 204 valence electrons. The predicted octanol–water partition coefficient (Wildman–Crippen LogP) is 6.84. The largest absolute Gasteiger partial charge is 0.444 e. The van der Waals surface area contributed by atoms with E-state index >= 15 is 0 Å². The van der Waals surface area contributed by atoms with Gasteiger partial charge < -0.3 is 15.0 Å². The van der Waals surface area contributed by atoms with Crippen molar-refractivity contribution in [1.29, 1.82) is 0 Å². The summed E-state index contributed by atoms with van der Waals surface area (Å²) in [5, 5.41) is 7.75. The Kier molecular flexibility index (Phi) is 7.62. The normalized spacial score (nSPS) is 17.7. The monoisotopic (exact) mass is 590 g/mol. The van der Waals surface area contributed by atoms with Gasteiger partial charge in [-0.15, -0.1) is 0 Å². The lowest BCUT2D eigenvalue weighted by atomic mass is 9.84. The molecule has 0 saturated heterocycles. The lowest BCUT2D eigenvalue weighted by molar-refractivity contribution is 0.0491. The van der Waals surface area contributed by atoms with Crippen molar-refractivity contribution in [2.75, 3.05) is 19.0 Å². The Labute approximate surface area is 237 Å². The van der Waals surface area contributed by atoms with Crippen molar-refractivity contribution in [3.8, 4) is 22.4 Å². The standard InChI is InChI=1S/C30H35BrN6O2/c1-30(2,3)39-29(38)34-22-14-11-20(12-15-22)26-25(31)28(36(4)5)37-27(35-26)23(18-33-37)21-13-16-24(32-17-21)19-9-7-6-8-10-19/h6-10,13,16-18,20,22H,11-12,14-15H2,1-5H3,(H,34,38). The molecular weight excluding hydrogens is 556 g/mol. The number of aromatic nitrogens is 4. The first-order chi connectivity index (χ1) is 18.6. The zero-order valence-corrected chi connectivity index (χ0v) is 24.7. The number of anilines is 1. The maximum Gasteiger partial charge on any atom is 0.407 e. The van der Waals surface area contributed by atoms with Gasteiger partial charge in [0.15, 0.2) is 5.65 Å². The number of carbonyl (C=O) groups excluding carboxylic acids is 1. The lowest BCUT2D eigenvalue weighted by Gasteiger charge is -2.31. The highest BCUT2D eigenvalue weighted by Crippen LogP contribution is 2.40. The number of hydrogen-bond donors (Lipinski definition) is 1. The van der Waals surface area contributed by atoms with Crippen molar-refractivity contribution in [3.05, 3.63) is 65.0 Å². The fourth-order valence-electron chi connectivity index (χ4n) is 5.15. The molecule has 1 N–H and O–H groups in total. The molecule has 8 nitrogen and oxygen atoms in total. The summed E-state index contributed by atoms with van der Waals surface area (Å²) in [4.78, 5) is 24.2. The molecule has 3 heterocycles. The van der Waals surface area contributed by atoms with Gasteiger partial charge in [0.1, 0.15) is 11.4 Å². The van der Waals surface area contributed by atoms with Crippen LogP contribution in [0.2, 0.25) is 0 Å². The highest BCUT2D eigenvalue weighted by Gasteiger charge is 2.30. The van der Waals surface area contributed by atoms with Crippen molar-refractivity contribution < 1.29 is 9.53 Å². The number of carbonyl (C=O) groups is 1. The van der Waals surface area contributed by atoms with E-state index in [1.165, 1.54) is 0 Å². The van der Waals surface area contributed by atoms with Crippen LogP contribution in [0, 0.1) is 0 Å². The van der Waals surface area contributed by atoms with Gasteiger partial charge in [0.05, 0.1) is 22.1 Å². The molecule has 1 fully saturated rings. The number of nitrogens with zero attached hydrogens (tertiary/aromatic N) is 5. The highest BCUT2D eigenvalue weighted by atomic mass is 79.9. The van der Waals surface area contributed by atoms with Crippen LogP contribution in [0.3, 0.4) is 0 Å². The number of halogens is 1. The Morgan fingerprint density at radius 3 is 2.36 bits per heavy atom. The number of nitrogens with one attached hydrogen (secondary N) is 1. The molecule has 1 amide bonds. The highest BCUT2D eigenvalue weighted by molar-refractivity contribution is 9.10. The summed E-state index contributed by atoms with van der Waals surface area (Å²) in [6.07, 6.45) is 7.00. The molecule has 1 aliphatic rings. The molecule has 1 saturated carbocycles. The van der Waals surface area contributed by atoms with Crippen molar-refractivity contribution >= 4 is 33.5 Å². The van der Waals surface area contributed by atoms with E-state index in [2.05, 4.69) is 44.3 Å². The van der Waals surface area contributed by atoms with E-state index in [1.54, 1.807) is 0 Å². The molecular formula is C30H35BrN6O2. The second-order valence-corrected chi connectivity index (χ2v) is 12.1. The zero-order chi connectivity index (χ0) is 27.7. The Hall–Kier alpha value is -3.46. The van der Waals surface area contributed by atoms with Gasteiger partial charge in [-0.1, -0.05) is 36.4 Å². The average molecular weight is 592 g/mol. The molecule has 0 bridgehead atoms. The first kappa shape index (κ1) is 27.1. The van der Waals surface area contributed by atoms with Crippen LogP contribution in [-0.4, -0.2) is 51.4 Å². The molecule has 3 aromatic heterocycles. The van der Waals surface area contributed by atoms with Crippen molar-refractivity contribution in [2.45, 2.75) is 64.0 Å². The van der Waals surface area contributed by atoms with Crippen LogP contribution in [0.1, 0.15) is 58.1 Å². The minimum atomic E-state index is -0.506. The Balaban J connectivity index is 1.42. The quantitative estimate of drug-likeness (QED) is 0.274. The maximum absolute atomic E-state index is 12.3. The van der Waals surface area contributed by atoms with Gasteiger partial charge in [-0.2, -0.15) is 9.61 Å². The van der Waals surface area contributed by atoms with Crippen molar-refractivity contribution in [3.63, 3.8) is 0 Å². The summed E-state index contributed by atoms with van der Waals surface area (Å²) in [5.41, 5.74) is 5.25. The molecule has 0 spiro atoms. The topological polar surface area (TPSA) is 84.7 Å². The van der Waals surface area contributed by atoms with E-state index in [9.17, 15) is 4.79 Å². The molecule has 0 atom stereocenters. The number of ether oxygens (including phenoxy) is 1. The van der Waals surface area contributed by atoms with Gasteiger partial charge in [0.25, 0.3) is 0 Å². The third-order valence-electron chi connectivity index (χ3n) is 6.99. The van der Waals surface area contributed by atoms with E-state index in [1.807, 2.05) is 76.0 Å². The summed E-state index contributed by atoms with van der Waals surface area (Å²) in [6, 6.07) is 14.4. The van der Waals surface area contributed by atoms with Crippen LogP contribution in [0.25, 0.3) is 28.0 Å².